The maximum Gasteiger partial charge on any atom is 0.226 e. The minimum Gasteiger partial charge on any atom is -0.475 e. The van der Waals surface area contributed by atoms with Crippen LogP contribution < -0.4 is 14.8 Å². The molecule has 0 amide bonds. The molecule has 20 heavy (non-hydrogen) atoms. The number of ether oxygens (including phenoxy) is 2. The third kappa shape index (κ3) is 4.20. The van der Waals surface area contributed by atoms with Crippen LogP contribution in [0.15, 0.2) is 36.7 Å². The summed E-state index contributed by atoms with van der Waals surface area (Å²) in [7, 11) is 1.91. The molecule has 0 spiro atoms. The van der Waals surface area contributed by atoms with E-state index in [0.29, 0.717) is 11.8 Å². The average Bonchev–Trinajstić information content (AvgIpc) is 2.39. The summed E-state index contributed by atoms with van der Waals surface area (Å²) >= 11 is 0. The Balaban J connectivity index is 2.11. The molecule has 1 N–H and O–H groups in total. The highest BCUT2D eigenvalue weighted by molar-refractivity contribution is 5.32. The summed E-state index contributed by atoms with van der Waals surface area (Å²) in [4.78, 5) is 8.13. The molecule has 2 rings (SSSR count). The van der Waals surface area contributed by atoms with E-state index in [4.69, 9.17) is 9.47 Å². The largest absolute Gasteiger partial charge is 0.475 e. The van der Waals surface area contributed by atoms with Gasteiger partial charge in [-0.25, -0.2) is 9.97 Å². The molecule has 0 unspecified atom stereocenters. The van der Waals surface area contributed by atoms with E-state index in [1.165, 1.54) is 6.33 Å². The molecule has 5 nitrogen and oxygen atoms in total. The first kappa shape index (κ1) is 14.3. The third-order valence-corrected chi connectivity index (χ3v) is 2.48. The lowest BCUT2D eigenvalue weighted by molar-refractivity contribution is 0.231. The molecule has 0 saturated carbocycles. The first-order chi connectivity index (χ1) is 9.67. The molecular formula is C15H19N3O2. The standard InChI is InChI=1S/C15H19N3O2/c1-11(2)19-14-8-15(18-10-17-14)20-13-6-4-5-12(7-13)9-16-3/h4-8,10-11,16H,9H2,1-3H3. The van der Waals surface area contributed by atoms with Gasteiger partial charge in [-0.3, -0.25) is 0 Å². The Kier molecular flexibility index (Phi) is 4.90. The van der Waals surface area contributed by atoms with Gasteiger partial charge in [0, 0.05) is 6.54 Å². The van der Waals surface area contributed by atoms with Crippen molar-refractivity contribution in [2.75, 3.05) is 7.05 Å². The average molecular weight is 273 g/mol. The zero-order valence-corrected chi connectivity index (χ0v) is 12.0. The van der Waals surface area contributed by atoms with Crippen LogP contribution in [0.5, 0.6) is 17.5 Å². The van der Waals surface area contributed by atoms with Crippen molar-refractivity contribution in [2.24, 2.45) is 0 Å². The zero-order valence-electron chi connectivity index (χ0n) is 12.0. The minimum absolute atomic E-state index is 0.0664. The summed E-state index contributed by atoms with van der Waals surface area (Å²) in [6.45, 7) is 4.69. The summed E-state index contributed by atoms with van der Waals surface area (Å²) in [5.41, 5.74) is 1.15. The fourth-order valence-electron chi connectivity index (χ4n) is 1.73. The van der Waals surface area contributed by atoms with Crippen LogP contribution in [0.25, 0.3) is 0 Å². The number of nitrogens with zero attached hydrogens (tertiary/aromatic N) is 2. The van der Waals surface area contributed by atoms with E-state index in [0.717, 1.165) is 17.9 Å². The molecule has 5 heteroatoms. The molecule has 0 radical (unpaired) electrons. The van der Waals surface area contributed by atoms with Gasteiger partial charge in [0.1, 0.15) is 12.1 Å². The number of hydrogen-bond acceptors (Lipinski definition) is 5. The van der Waals surface area contributed by atoms with E-state index in [-0.39, 0.29) is 6.10 Å². The van der Waals surface area contributed by atoms with Crippen LogP contribution in [0, 0.1) is 0 Å². The zero-order chi connectivity index (χ0) is 14.4. The fraction of sp³-hybridized carbons (Fsp3) is 0.333. The molecule has 1 heterocycles. The lowest BCUT2D eigenvalue weighted by Gasteiger charge is -2.10. The van der Waals surface area contributed by atoms with Gasteiger partial charge in [-0.05, 0) is 38.6 Å². The van der Waals surface area contributed by atoms with Crippen LogP contribution in [0.4, 0.5) is 0 Å². The highest BCUT2D eigenvalue weighted by Gasteiger charge is 2.04. The number of benzene rings is 1. The Morgan fingerprint density at radius 2 is 1.95 bits per heavy atom. The summed E-state index contributed by atoms with van der Waals surface area (Å²) in [6.07, 6.45) is 1.50. The van der Waals surface area contributed by atoms with Gasteiger partial charge in [0.2, 0.25) is 11.8 Å². The van der Waals surface area contributed by atoms with Gasteiger partial charge in [-0.15, -0.1) is 0 Å². The molecule has 1 aromatic carbocycles. The van der Waals surface area contributed by atoms with Crippen LogP contribution in [-0.4, -0.2) is 23.1 Å². The quantitative estimate of drug-likeness (QED) is 0.877. The predicted molar refractivity (Wildman–Crippen MR) is 77.1 cm³/mol. The monoisotopic (exact) mass is 273 g/mol. The number of nitrogens with one attached hydrogen (secondary N) is 1. The smallest absolute Gasteiger partial charge is 0.226 e. The number of aromatic nitrogens is 2. The molecular weight excluding hydrogens is 254 g/mol. The van der Waals surface area contributed by atoms with Crippen molar-refractivity contribution in [3.63, 3.8) is 0 Å². The second kappa shape index (κ2) is 6.86. The third-order valence-electron chi connectivity index (χ3n) is 2.48. The Bertz CT molecular complexity index is 558. The SMILES string of the molecule is CNCc1cccc(Oc2cc(OC(C)C)ncn2)c1. The molecule has 0 aliphatic rings. The lowest BCUT2D eigenvalue weighted by atomic mass is 10.2. The van der Waals surface area contributed by atoms with E-state index in [2.05, 4.69) is 15.3 Å². The van der Waals surface area contributed by atoms with Gasteiger partial charge in [-0.1, -0.05) is 12.1 Å². The first-order valence-electron chi connectivity index (χ1n) is 6.57. The van der Waals surface area contributed by atoms with E-state index in [1.807, 2.05) is 45.2 Å². The molecule has 2 aromatic rings. The van der Waals surface area contributed by atoms with Crippen LogP contribution >= 0.6 is 0 Å². The van der Waals surface area contributed by atoms with E-state index in [1.54, 1.807) is 6.07 Å². The molecule has 0 saturated heterocycles. The van der Waals surface area contributed by atoms with E-state index in [9.17, 15) is 0 Å². The minimum atomic E-state index is 0.0664. The van der Waals surface area contributed by atoms with Gasteiger partial charge >= 0.3 is 0 Å². The molecule has 0 aliphatic carbocycles. The molecule has 106 valence electrons. The van der Waals surface area contributed by atoms with Crippen LogP contribution in [0.1, 0.15) is 19.4 Å². The second-order valence-electron chi connectivity index (χ2n) is 4.64. The maximum absolute atomic E-state index is 5.73. The molecule has 0 bridgehead atoms. The lowest BCUT2D eigenvalue weighted by Crippen LogP contribution is -2.07. The first-order valence-corrected chi connectivity index (χ1v) is 6.57. The van der Waals surface area contributed by atoms with Crippen molar-refractivity contribution in [3.05, 3.63) is 42.2 Å². The van der Waals surface area contributed by atoms with E-state index >= 15 is 0 Å². The van der Waals surface area contributed by atoms with Crippen molar-refractivity contribution in [3.8, 4) is 17.5 Å². The van der Waals surface area contributed by atoms with Crippen molar-refractivity contribution >= 4 is 0 Å². The van der Waals surface area contributed by atoms with Gasteiger partial charge in [-0.2, -0.15) is 0 Å². The van der Waals surface area contributed by atoms with Crippen LogP contribution in [0.2, 0.25) is 0 Å². The number of hydrogen-bond donors (Lipinski definition) is 1. The highest BCUT2D eigenvalue weighted by Crippen LogP contribution is 2.22. The van der Waals surface area contributed by atoms with Gasteiger partial charge in [0.25, 0.3) is 0 Å². The molecule has 1 aromatic heterocycles. The number of rotatable bonds is 6. The molecule has 0 atom stereocenters. The van der Waals surface area contributed by atoms with Gasteiger partial charge in [0.15, 0.2) is 0 Å². The fourth-order valence-corrected chi connectivity index (χ4v) is 1.73. The second-order valence-corrected chi connectivity index (χ2v) is 4.64. The van der Waals surface area contributed by atoms with Crippen LogP contribution in [0.3, 0.4) is 0 Å². The van der Waals surface area contributed by atoms with E-state index < -0.39 is 0 Å². The summed E-state index contributed by atoms with van der Waals surface area (Å²) < 4.78 is 11.2. The molecule has 0 aliphatic heterocycles. The Hall–Kier alpha value is -2.14. The summed E-state index contributed by atoms with van der Waals surface area (Å²) in [5, 5.41) is 3.10. The molecule has 0 fully saturated rings. The normalized spacial score (nSPS) is 10.6. The van der Waals surface area contributed by atoms with Gasteiger partial charge in [0.05, 0.1) is 12.2 Å². The Labute approximate surface area is 119 Å². The summed E-state index contributed by atoms with van der Waals surface area (Å²) in [5.74, 6) is 1.72. The summed E-state index contributed by atoms with van der Waals surface area (Å²) in [6, 6.07) is 9.54. The van der Waals surface area contributed by atoms with Crippen molar-refractivity contribution in [2.45, 2.75) is 26.5 Å². The van der Waals surface area contributed by atoms with Crippen LogP contribution in [-0.2, 0) is 6.54 Å². The van der Waals surface area contributed by atoms with Crippen molar-refractivity contribution in [1.82, 2.24) is 15.3 Å². The predicted octanol–water partition coefficient (Wildman–Crippen LogP) is 2.78. The maximum atomic E-state index is 5.73. The topological polar surface area (TPSA) is 56.3 Å². The highest BCUT2D eigenvalue weighted by atomic mass is 16.5. The Morgan fingerprint density at radius 3 is 2.70 bits per heavy atom. The van der Waals surface area contributed by atoms with Crippen molar-refractivity contribution < 1.29 is 9.47 Å². The van der Waals surface area contributed by atoms with Gasteiger partial charge < -0.3 is 14.8 Å². The van der Waals surface area contributed by atoms with Crippen molar-refractivity contribution in [1.29, 1.82) is 0 Å². The Morgan fingerprint density at radius 1 is 1.15 bits per heavy atom.